The lowest BCUT2D eigenvalue weighted by molar-refractivity contribution is -0.137. The summed E-state index contributed by atoms with van der Waals surface area (Å²) in [4.78, 5) is 16.0. The minimum Gasteiger partial charge on any atom is -0.352 e. The Bertz CT molecular complexity index is 1100. The Morgan fingerprint density at radius 1 is 0.938 bits per heavy atom. The molecule has 1 fully saturated rings. The van der Waals surface area contributed by atoms with Gasteiger partial charge in [-0.05, 0) is 36.4 Å². The molecule has 32 heavy (non-hydrogen) atoms. The van der Waals surface area contributed by atoms with E-state index in [0.717, 1.165) is 17.7 Å². The van der Waals surface area contributed by atoms with Gasteiger partial charge in [0.05, 0.1) is 16.3 Å². The number of urea groups is 1. The standard InChI is InChI=1S/C22H19ClF3N5O/c23-18-7-2-1-6-17(18)19-8-9-20(29-28-19)30-10-12-31(13-11-30)21(32)27-16-5-3-4-15(14-16)22(24,25)26/h1-9,14H,10-13H2,(H,27,32). The van der Waals surface area contributed by atoms with Gasteiger partial charge in [-0.15, -0.1) is 10.2 Å². The molecular formula is C22H19ClF3N5O. The van der Waals surface area contributed by atoms with Crippen molar-refractivity contribution in [2.75, 3.05) is 36.4 Å². The maximum absolute atomic E-state index is 12.9. The van der Waals surface area contributed by atoms with E-state index in [1.54, 1.807) is 11.0 Å². The van der Waals surface area contributed by atoms with E-state index in [4.69, 9.17) is 11.6 Å². The third-order valence-electron chi connectivity index (χ3n) is 5.13. The molecule has 166 valence electrons. The molecule has 1 saturated heterocycles. The van der Waals surface area contributed by atoms with Crippen molar-refractivity contribution in [3.8, 4) is 11.3 Å². The van der Waals surface area contributed by atoms with Crippen molar-refractivity contribution in [2.24, 2.45) is 0 Å². The minimum absolute atomic E-state index is 0.105. The van der Waals surface area contributed by atoms with Crippen LogP contribution in [0.3, 0.4) is 0 Å². The van der Waals surface area contributed by atoms with Gasteiger partial charge in [0.2, 0.25) is 0 Å². The lowest BCUT2D eigenvalue weighted by Crippen LogP contribution is -2.50. The van der Waals surface area contributed by atoms with Gasteiger partial charge in [0, 0.05) is 37.4 Å². The Labute approximate surface area is 187 Å². The largest absolute Gasteiger partial charge is 0.416 e. The highest BCUT2D eigenvalue weighted by atomic mass is 35.5. The number of carbonyl (C=O) groups is 1. The van der Waals surface area contributed by atoms with E-state index in [1.807, 2.05) is 35.2 Å². The van der Waals surface area contributed by atoms with Gasteiger partial charge >= 0.3 is 12.2 Å². The zero-order valence-corrected chi connectivity index (χ0v) is 17.6. The number of hydrogen-bond acceptors (Lipinski definition) is 4. The average molecular weight is 462 g/mol. The second kappa shape index (κ2) is 9.04. The Morgan fingerprint density at radius 3 is 2.34 bits per heavy atom. The van der Waals surface area contributed by atoms with E-state index < -0.39 is 17.8 Å². The fraction of sp³-hybridized carbons (Fsp3) is 0.227. The number of nitrogens with zero attached hydrogens (tertiary/aromatic N) is 4. The second-order valence-corrected chi connectivity index (χ2v) is 7.65. The molecule has 1 N–H and O–H groups in total. The van der Waals surface area contributed by atoms with Gasteiger partial charge in [0.15, 0.2) is 5.82 Å². The van der Waals surface area contributed by atoms with Gasteiger partial charge in [-0.2, -0.15) is 13.2 Å². The van der Waals surface area contributed by atoms with Gasteiger partial charge in [-0.25, -0.2) is 4.79 Å². The third kappa shape index (κ3) is 4.94. The molecule has 2 aromatic carbocycles. The lowest BCUT2D eigenvalue weighted by Gasteiger charge is -2.35. The SMILES string of the molecule is O=C(Nc1cccc(C(F)(F)F)c1)N1CCN(c2ccc(-c3ccccc3Cl)nn2)CC1. The molecule has 0 unspecified atom stereocenters. The summed E-state index contributed by atoms with van der Waals surface area (Å²) in [7, 11) is 0. The van der Waals surface area contributed by atoms with E-state index in [1.165, 1.54) is 12.1 Å². The van der Waals surface area contributed by atoms with Crippen LogP contribution in [0.4, 0.5) is 29.5 Å². The predicted molar refractivity (Wildman–Crippen MR) is 117 cm³/mol. The fourth-order valence-corrected chi connectivity index (χ4v) is 3.65. The van der Waals surface area contributed by atoms with Crippen molar-refractivity contribution in [3.63, 3.8) is 0 Å². The molecular weight excluding hydrogens is 443 g/mol. The van der Waals surface area contributed by atoms with Crippen LogP contribution in [0, 0.1) is 0 Å². The van der Waals surface area contributed by atoms with Gasteiger partial charge in [0.1, 0.15) is 0 Å². The van der Waals surface area contributed by atoms with E-state index in [9.17, 15) is 18.0 Å². The summed E-state index contributed by atoms with van der Waals surface area (Å²) in [6, 6.07) is 15.2. The van der Waals surface area contributed by atoms with Gasteiger partial charge in [0.25, 0.3) is 0 Å². The predicted octanol–water partition coefficient (Wildman–Crippen LogP) is 5.17. The molecule has 0 atom stereocenters. The molecule has 2 heterocycles. The monoisotopic (exact) mass is 461 g/mol. The Balaban J connectivity index is 1.35. The van der Waals surface area contributed by atoms with E-state index in [0.29, 0.717) is 42.7 Å². The van der Waals surface area contributed by atoms with E-state index >= 15 is 0 Å². The highest BCUT2D eigenvalue weighted by molar-refractivity contribution is 6.33. The van der Waals surface area contributed by atoms with Crippen LogP contribution >= 0.6 is 11.6 Å². The van der Waals surface area contributed by atoms with E-state index in [-0.39, 0.29) is 5.69 Å². The third-order valence-corrected chi connectivity index (χ3v) is 5.46. The maximum atomic E-state index is 12.9. The molecule has 1 aliphatic rings. The highest BCUT2D eigenvalue weighted by Crippen LogP contribution is 2.31. The number of benzene rings is 2. The van der Waals surface area contributed by atoms with Gasteiger partial charge in [-0.1, -0.05) is 35.9 Å². The number of carbonyl (C=O) groups excluding carboxylic acids is 1. The number of nitrogens with one attached hydrogen (secondary N) is 1. The van der Waals surface area contributed by atoms with Crippen LogP contribution in [0.2, 0.25) is 5.02 Å². The minimum atomic E-state index is -4.46. The number of hydrogen-bond donors (Lipinski definition) is 1. The summed E-state index contributed by atoms with van der Waals surface area (Å²) in [6.07, 6.45) is -4.46. The van der Waals surface area contributed by atoms with Gasteiger partial charge < -0.3 is 15.1 Å². The zero-order valence-electron chi connectivity index (χ0n) is 16.8. The first-order valence-electron chi connectivity index (χ1n) is 9.88. The molecule has 3 aromatic rings. The van der Waals surface area contributed by atoms with Crippen molar-refractivity contribution in [1.29, 1.82) is 0 Å². The number of anilines is 2. The number of halogens is 4. The Hall–Kier alpha value is -3.33. The number of alkyl halides is 3. The first-order chi connectivity index (χ1) is 15.3. The van der Waals surface area contributed by atoms with Crippen LogP contribution in [0.25, 0.3) is 11.3 Å². The first kappa shape index (κ1) is 21.9. The molecule has 4 rings (SSSR count). The summed E-state index contributed by atoms with van der Waals surface area (Å²) in [5.74, 6) is 0.679. The molecule has 0 radical (unpaired) electrons. The maximum Gasteiger partial charge on any atom is 0.416 e. The second-order valence-electron chi connectivity index (χ2n) is 7.24. The molecule has 1 aliphatic heterocycles. The van der Waals surface area contributed by atoms with Crippen molar-refractivity contribution >= 4 is 29.1 Å². The Morgan fingerprint density at radius 2 is 1.69 bits per heavy atom. The molecule has 0 saturated carbocycles. The van der Waals surface area contributed by atoms with Crippen LogP contribution in [0.5, 0.6) is 0 Å². The number of amides is 2. The molecule has 2 amide bonds. The molecule has 0 bridgehead atoms. The van der Waals surface area contributed by atoms with Crippen molar-refractivity contribution in [1.82, 2.24) is 15.1 Å². The van der Waals surface area contributed by atoms with Crippen LogP contribution in [0.15, 0.2) is 60.7 Å². The first-order valence-corrected chi connectivity index (χ1v) is 10.3. The van der Waals surface area contributed by atoms with Crippen LogP contribution < -0.4 is 10.2 Å². The van der Waals surface area contributed by atoms with Crippen molar-refractivity contribution in [2.45, 2.75) is 6.18 Å². The number of piperazine rings is 1. The molecule has 0 spiro atoms. The van der Waals surface area contributed by atoms with Gasteiger partial charge in [-0.3, -0.25) is 0 Å². The smallest absolute Gasteiger partial charge is 0.352 e. The molecule has 1 aromatic heterocycles. The average Bonchev–Trinajstić information content (AvgIpc) is 2.79. The molecule has 6 nitrogen and oxygen atoms in total. The number of rotatable bonds is 3. The van der Waals surface area contributed by atoms with Crippen molar-refractivity contribution in [3.05, 3.63) is 71.2 Å². The highest BCUT2D eigenvalue weighted by Gasteiger charge is 2.30. The summed E-state index contributed by atoms with van der Waals surface area (Å²) in [5, 5.41) is 11.7. The molecule has 10 heteroatoms. The normalized spacial score (nSPS) is 14.4. The number of aromatic nitrogens is 2. The summed E-state index contributed by atoms with van der Waals surface area (Å²) in [5.41, 5.74) is 0.759. The topological polar surface area (TPSA) is 61.4 Å². The van der Waals surface area contributed by atoms with Crippen molar-refractivity contribution < 1.29 is 18.0 Å². The quantitative estimate of drug-likeness (QED) is 0.584. The molecule has 0 aliphatic carbocycles. The Kier molecular flexibility index (Phi) is 6.18. The lowest BCUT2D eigenvalue weighted by atomic mass is 10.1. The summed E-state index contributed by atoms with van der Waals surface area (Å²) in [6.45, 7) is 1.85. The summed E-state index contributed by atoms with van der Waals surface area (Å²) < 4.78 is 38.6. The van der Waals surface area contributed by atoms with E-state index in [2.05, 4.69) is 15.5 Å². The fourth-order valence-electron chi connectivity index (χ4n) is 3.42. The zero-order chi connectivity index (χ0) is 22.7. The van der Waals surface area contributed by atoms with Crippen LogP contribution in [-0.4, -0.2) is 47.3 Å². The van der Waals surface area contributed by atoms with Crippen LogP contribution in [-0.2, 0) is 6.18 Å². The van der Waals surface area contributed by atoms with Crippen LogP contribution in [0.1, 0.15) is 5.56 Å². The summed E-state index contributed by atoms with van der Waals surface area (Å²) >= 11 is 6.20.